The van der Waals surface area contributed by atoms with E-state index in [1.807, 2.05) is 31.2 Å². The summed E-state index contributed by atoms with van der Waals surface area (Å²) in [5.74, 6) is 0.547. The van der Waals surface area contributed by atoms with Gasteiger partial charge >= 0.3 is 0 Å². The molecule has 0 aliphatic carbocycles. The van der Waals surface area contributed by atoms with E-state index < -0.39 is 0 Å². The van der Waals surface area contributed by atoms with Crippen LogP contribution < -0.4 is 10.9 Å². The highest BCUT2D eigenvalue weighted by Crippen LogP contribution is 2.15. The number of carbonyl (C=O) groups excluding carboxylic acids is 1. The van der Waals surface area contributed by atoms with Crippen LogP contribution in [0, 0.1) is 6.92 Å². The van der Waals surface area contributed by atoms with Crippen molar-refractivity contribution in [3.05, 3.63) is 82.3 Å². The molecule has 2 N–H and O–H groups in total. The van der Waals surface area contributed by atoms with Gasteiger partial charge in [0.2, 0.25) is 5.78 Å². The van der Waals surface area contributed by atoms with Gasteiger partial charge in [0.05, 0.1) is 12.2 Å². The number of hydrogen-bond donors (Lipinski definition) is 2. The molecule has 0 spiro atoms. The van der Waals surface area contributed by atoms with Crippen LogP contribution in [0.4, 0.5) is 0 Å². The van der Waals surface area contributed by atoms with E-state index in [4.69, 9.17) is 0 Å². The van der Waals surface area contributed by atoms with E-state index in [1.54, 1.807) is 29.1 Å². The number of rotatable bonds is 4. The number of amides is 1. The molecule has 27 heavy (non-hydrogen) atoms. The second kappa shape index (κ2) is 6.83. The van der Waals surface area contributed by atoms with Gasteiger partial charge < -0.3 is 10.3 Å². The number of benzene rings is 1. The molecular formula is C19H16N6O2. The first kappa shape index (κ1) is 16.6. The maximum Gasteiger partial charge on any atom is 0.271 e. The average molecular weight is 360 g/mol. The molecule has 3 aromatic heterocycles. The maximum absolute atomic E-state index is 12.3. The van der Waals surface area contributed by atoms with E-state index in [9.17, 15) is 9.59 Å². The second-order valence-electron chi connectivity index (χ2n) is 6.09. The third-order valence-electron chi connectivity index (χ3n) is 3.98. The standard InChI is InChI=1S/C19H16N6O2/c1-12-4-2-5-13(8-12)17-22-14(9-16(26)24-17)10-21-18(27)15-11-25-7-3-6-20-19(25)23-15/h2-9,11H,10H2,1H3,(H,21,27)(H,22,24,26). The number of aromatic nitrogens is 5. The third kappa shape index (κ3) is 3.59. The van der Waals surface area contributed by atoms with Gasteiger partial charge in [0, 0.05) is 30.2 Å². The Kier molecular flexibility index (Phi) is 4.21. The summed E-state index contributed by atoms with van der Waals surface area (Å²) in [6.07, 6.45) is 4.97. The molecule has 0 radical (unpaired) electrons. The zero-order valence-electron chi connectivity index (χ0n) is 14.5. The summed E-state index contributed by atoms with van der Waals surface area (Å²) in [5, 5.41) is 2.74. The largest absolute Gasteiger partial charge is 0.345 e. The highest BCUT2D eigenvalue weighted by Gasteiger charge is 2.12. The Morgan fingerprint density at radius 1 is 1.22 bits per heavy atom. The maximum atomic E-state index is 12.3. The van der Waals surface area contributed by atoms with Crippen molar-refractivity contribution in [1.29, 1.82) is 0 Å². The molecule has 134 valence electrons. The zero-order chi connectivity index (χ0) is 18.8. The molecule has 0 aliphatic rings. The molecule has 0 bridgehead atoms. The lowest BCUT2D eigenvalue weighted by molar-refractivity contribution is 0.0946. The lowest BCUT2D eigenvalue weighted by Gasteiger charge is -2.06. The van der Waals surface area contributed by atoms with Crippen LogP contribution in [0.3, 0.4) is 0 Å². The molecule has 0 saturated heterocycles. The number of H-pyrrole nitrogens is 1. The monoisotopic (exact) mass is 360 g/mol. The Labute approximate surface area is 154 Å². The molecule has 8 nitrogen and oxygen atoms in total. The van der Waals surface area contributed by atoms with Gasteiger partial charge in [-0.3, -0.25) is 14.0 Å². The molecule has 4 rings (SSSR count). The van der Waals surface area contributed by atoms with Crippen LogP contribution >= 0.6 is 0 Å². The molecule has 4 aromatic rings. The smallest absolute Gasteiger partial charge is 0.271 e. The molecule has 0 atom stereocenters. The van der Waals surface area contributed by atoms with Crippen molar-refractivity contribution in [1.82, 2.24) is 29.7 Å². The first-order valence-corrected chi connectivity index (χ1v) is 8.34. The topological polar surface area (TPSA) is 105 Å². The van der Waals surface area contributed by atoms with Crippen molar-refractivity contribution < 1.29 is 4.79 Å². The Hall–Kier alpha value is -3.81. The van der Waals surface area contributed by atoms with E-state index in [-0.39, 0.29) is 23.7 Å². The molecular weight excluding hydrogens is 344 g/mol. The van der Waals surface area contributed by atoms with Crippen LogP contribution in [-0.4, -0.2) is 30.2 Å². The van der Waals surface area contributed by atoms with Crippen LogP contribution in [-0.2, 0) is 6.54 Å². The normalized spacial score (nSPS) is 10.9. The van der Waals surface area contributed by atoms with E-state index in [0.29, 0.717) is 17.3 Å². The minimum atomic E-state index is -0.361. The van der Waals surface area contributed by atoms with Gasteiger partial charge in [-0.15, -0.1) is 0 Å². The number of nitrogens with zero attached hydrogens (tertiary/aromatic N) is 4. The fourth-order valence-corrected chi connectivity index (χ4v) is 2.73. The lowest BCUT2D eigenvalue weighted by atomic mass is 10.1. The number of nitrogens with one attached hydrogen (secondary N) is 2. The van der Waals surface area contributed by atoms with E-state index in [1.165, 1.54) is 6.07 Å². The highest BCUT2D eigenvalue weighted by atomic mass is 16.2. The van der Waals surface area contributed by atoms with Crippen LogP contribution in [0.25, 0.3) is 17.2 Å². The van der Waals surface area contributed by atoms with E-state index in [0.717, 1.165) is 11.1 Å². The fraction of sp³-hybridized carbons (Fsp3) is 0.105. The average Bonchev–Trinajstić information content (AvgIpc) is 3.10. The molecule has 0 unspecified atom stereocenters. The number of aromatic amines is 1. The number of fused-ring (bicyclic) bond motifs is 1. The number of hydrogen-bond acceptors (Lipinski definition) is 5. The van der Waals surface area contributed by atoms with Crippen LogP contribution in [0.2, 0.25) is 0 Å². The summed E-state index contributed by atoms with van der Waals surface area (Å²) in [6.45, 7) is 2.08. The van der Waals surface area contributed by atoms with Crippen LogP contribution in [0.5, 0.6) is 0 Å². The van der Waals surface area contributed by atoms with Gasteiger partial charge in [0.25, 0.3) is 11.5 Å². The molecule has 0 fully saturated rings. The summed E-state index contributed by atoms with van der Waals surface area (Å²) in [7, 11) is 0. The quantitative estimate of drug-likeness (QED) is 0.576. The SMILES string of the molecule is Cc1cccc(-c2nc(CNC(=O)c3cn4cccnc4n3)cc(=O)[nH]2)c1. The Morgan fingerprint density at radius 3 is 2.93 bits per heavy atom. The number of carbonyl (C=O) groups is 1. The van der Waals surface area contributed by atoms with Crippen molar-refractivity contribution in [2.24, 2.45) is 0 Å². The highest BCUT2D eigenvalue weighted by molar-refractivity contribution is 5.92. The summed E-state index contributed by atoms with van der Waals surface area (Å²) in [6, 6.07) is 10.8. The van der Waals surface area contributed by atoms with Crippen molar-refractivity contribution in [3.8, 4) is 11.4 Å². The minimum absolute atomic E-state index is 0.114. The first-order chi connectivity index (χ1) is 13.1. The molecule has 8 heteroatoms. The van der Waals surface area contributed by atoms with Gasteiger partial charge in [-0.1, -0.05) is 23.8 Å². The van der Waals surface area contributed by atoms with Crippen LogP contribution in [0.1, 0.15) is 21.7 Å². The van der Waals surface area contributed by atoms with Gasteiger partial charge in [-0.2, -0.15) is 0 Å². The van der Waals surface area contributed by atoms with Crippen molar-refractivity contribution in [3.63, 3.8) is 0 Å². The summed E-state index contributed by atoms with van der Waals surface area (Å²) < 4.78 is 1.66. The van der Waals surface area contributed by atoms with Gasteiger partial charge in [-0.05, 0) is 19.1 Å². The van der Waals surface area contributed by atoms with Gasteiger partial charge in [-0.25, -0.2) is 15.0 Å². The van der Waals surface area contributed by atoms with Crippen molar-refractivity contribution in [2.75, 3.05) is 0 Å². The molecule has 1 aromatic carbocycles. The predicted molar refractivity (Wildman–Crippen MR) is 99.2 cm³/mol. The molecule has 1 amide bonds. The third-order valence-corrected chi connectivity index (χ3v) is 3.98. The van der Waals surface area contributed by atoms with Crippen molar-refractivity contribution in [2.45, 2.75) is 13.5 Å². The van der Waals surface area contributed by atoms with Gasteiger partial charge in [0.1, 0.15) is 11.5 Å². The lowest BCUT2D eigenvalue weighted by Crippen LogP contribution is -2.25. The van der Waals surface area contributed by atoms with E-state index in [2.05, 4.69) is 25.3 Å². The molecule has 3 heterocycles. The summed E-state index contributed by atoms with van der Waals surface area (Å²) >= 11 is 0. The first-order valence-electron chi connectivity index (χ1n) is 8.34. The van der Waals surface area contributed by atoms with Crippen molar-refractivity contribution >= 4 is 11.7 Å². The molecule has 0 saturated carbocycles. The predicted octanol–water partition coefficient (Wildman–Crippen LogP) is 1.72. The Bertz CT molecular complexity index is 1160. The Balaban J connectivity index is 1.54. The second-order valence-corrected chi connectivity index (χ2v) is 6.09. The van der Waals surface area contributed by atoms with Crippen LogP contribution in [0.15, 0.2) is 59.8 Å². The van der Waals surface area contributed by atoms with E-state index >= 15 is 0 Å². The number of aryl methyl sites for hydroxylation is 1. The summed E-state index contributed by atoms with van der Waals surface area (Å²) in [5.41, 5.74) is 2.31. The number of imidazole rings is 1. The summed E-state index contributed by atoms with van der Waals surface area (Å²) in [4.78, 5) is 39.7. The minimum Gasteiger partial charge on any atom is -0.345 e. The molecule has 0 aliphatic heterocycles. The Morgan fingerprint density at radius 2 is 2.11 bits per heavy atom. The fourth-order valence-electron chi connectivity index (χ4n) is 2.73. The van der Waals surface area contributed by atoms with Gasteiger partial charge in [0.15, 0.2) is 0 Å². The zero-order valence-corrected chi connectivity index (χ0v) is 14.5.